The van der Waals surface area contributed by atoms with Gasteiger partial charge in [0.2, 0.25) is 0 Å². The number of amides is 1. The highest BCUT2D eigenvalue weighted by Crippen LogP contribution is 2.26. The van der Waals surface area contributed by atoms with Gasteiger partial charge < -0.3 is 14.9 Å². The zero-order chi connectivity index (χ0) is 18.6. The van der Waals surface area contributed by atoms with Gasteiger partial charge in [-0.1, -0.05) is 0 Å². The molecular formula is C20H27N5O2. The lowest BCUT2D eigenvalue weighted by Gasteiger charge is -2.38. The molecule has 2 aromatic heterocycles. The number of H-pyrrole nitrogens is 1. The summed E-state index contributed by atoms with van der Waals surface area (Å²) in [6.45, 7) is 4.82. The summed E-state index contributed by atoms with van der Waals surface area (Å²) in [4.78, 5) is 21.4. The van der Waals surface area contributed by atoms with Gasteiger partial charge in [0.05, 0.1) is 5.69 Å². The second-order valence-corrected chi connectivity index (χ2v) is 7.77. The quantitative estimate of drug-likeness (QED) is 0.837. The topological polar surface area (TPSA) is 85.3 Å². The second kappa shape index (κ2) is 8.19. The molecule has 0 spiro atoms. The monoisotopic (exact) mass is 369 g/mol. The molecule has 7 nitrogen and oxygen atoms in total. The number of aromatic amines is 1. The van der Waals surface area contributed by atoms with E-state index in [4.69, 9.17) is 0 Å². The lowest BCUT2D eigenvalue weighted by molar-refractivity contribution is 0.0460. The Morgan fingerprint density at radius 3 is 2.67 bits per heavy atom. The van der Waals surface area contributed by atoms with Crippen molar-refractivity contribution >= 4 is 5.91 Å². The summed E-state index contributed by atoms with van der Waals surface area (Å²) in [7, 11) is 0. The van der Waals surface area contributed by atoms with Crippen molar-refractivity contribution in [2.45, 2.75) is 19.3 Å². The third-order valence-electron chi connectivity index (χ3n) is 5.67. The molecule has 0 aromatic carbocycles. The van der Waals surface area contributed by atoms with Crippen LogP contribution in [0.2, 0.25) is 0 Å². The van der Waals surface area contributed by atoms with Gasteiger partial charge in [-0.05, 0) is 62.4 Å². The lowest BCUT2D eigenvalue weighted by Crippen LogP contribution is -2.47. The van der Waals surface area contributed by atoms with Crippen LogP contribution >= 0.6 is 0 Å². The van der Waals surface area contributed by atoms with E-state index in [1.165, 1.54) is 12.8 Å². The minimum atomic E-state index is -0.0348. The van der Waals surface area contributed by atoms with Gasteiger partial charge in [-0.3, -0.25) is 14.9 Å². The second-order valence-electron chi connectivity index (χ2n) is 7.77. The lowest BCUT2D eigenvalue weighted by atomic mass is 9.89. The SMILES string of the molecule is O=C(c1cc(-c2ccncc2)n[nH]1)N1C[C@H](CO)C[C@H](CN2CCCC2)C1. The number of aliphatic hydroxyl groups excluding tert-OH is 1. The largest absolute Gasteiger partial charge is 0.396 e. The Bertz CT molecular complexity index is 757. The van der Waals surface area contributed by atoms with Crippen molar-refractivity contribution in [3.63, 3.8) is 0 Å². The van der Waals surface area contributed by atoms with Crippen molar-refractivity contribution in [3.05, 3.63) is 36.3 Å². The number of carbonyl (C=O) groups is 1. The summed E-state index contributed by atoms with van der Waals surface area (Å²) in [5, 5.41) is 16.9. The van der Waals surface area contributed by atoms with E-state index in [1.807, 2.05) is 17.0 Å². The molecule has 2 aliphatic rings. The molecule has 27 heavy (non-hydrogen) atoms. The standard InChI is InChI=1S/C20H27N5O2/c26-14-16-9-15(11-24-7-1-2-8-24)12-25(13-16)20(27)19-10-18(22-23-19)17-3-5-21-6-4-17/h3-6,10,15-16,26H,1-2,7-9,11-14H2,(H,22,23)/t15-,16-/m1/s1. The Labute approximate surface area is 159 Å². The predicted molar refractivity (Wildman–Crippen MR) is 102 cm³/mol. The molecule has 0 radical (unpaired) electrons. The molecule has 4 rings (SSSR count). The third-order valence-corrected chi connectivity index (χ3v) is 5.67. The summed E-state index contributed by atoms with van der Waals surface area (Å²) >= 11 is 0. The average Bonchev–Trinajstić information content (AvgIpc) is 3.40. The van der Waals surface area contributed by atoms with E-state index in [0.717, 1.165) is 43.9 Å². The van der Waals surface area contributed by atoms with Crippen molar-refractivity contribution in [2.24, 2.45) is 11.8 Å². The molecule has 2 N–H and O–H groups in total. The maximum atomic E-state index is 13.0. The molecule has 2 atom stereocenters. The van der Waals surface area contributed by atoms with Crippen LogP contribution in [0.5, 0.6) is 0 Å². The molecule has 2 saturated heterocycles. The fourth-order valence-corrected chi connectivity index (χ4v) is 4.35. The number of hydrogen-bond acceptors (Lipinski definition) is 5. The molecule has 0 bridgehead atoms. The first-order chi connectivity index (χ1) is 13.2. The van der Waals surface area contributed by atoms with Gasteiger partial charge >= 0.3 is 0 Å². The average molecular weight is 369 g/mol. The number of nitrogens with zero attached hydrogens (tertiary/aromatic N) is 4. The number of aromatic nitrogens is 3. The van der Waals surface area contributed by atoms with E-state index in [2.05, 4.69) is 20.1 Å². The number of hydrogen-bond donors (Lipinski definition) is 2. The first-order valence-electron chi connectivity index (χ1n) is 9.81. The Hall–Kier alpha value is -2.25. The maximum absolute atomic E-state index is 13.0. The van der Waals surface area contributed by atoms with Gasteiger partial charge in [0.25, 0.3) is 5.91 Å². The fraction of sp³-hybridized carbons (Fsp3) is 0.550. The number of likely N-dealkylation sites (tertiary alicyclic amines) is 2. The van der Waals surface area contributed by atoms with Crippen LogP contribution in [0, 0.1) is 11.8 Å². The van der Waals surface area contributed by atoms with E-state index in [0.29, 0.717) is 18.2 Å². The first-order valence-corrected chi connectivity index (χ1v) is 9.81. The predicted octanol–water partition coefficient (Wildman–Crippen LogP) is 1.64. The first kappa shape index (κ1) is 18.1. The maximum Gasteiger partial charge on any atom is 0.271 e. The van der Waals surface area contributed by atoms with Gasteiger partial charge in [-0.2, -0.15) is 5.10 Å². The summed E-state index contributed by atoms with van der Waals surface area (Å²) in [6, 6.07) is 5.55. The van der Waals surface area contributed by atoms with Gasteiger partial charge in [0, 0.05) is 44.2 Å². The molecule has 0 saturated carbocycles. The van der Waals surface area contributed by atoms with E-state index in [1.54, 1.807) is 18.5 Å². The van der Waals surface area contributed by atoms with E-state index >= 15 is 0 Å². The molecule has 2 aliphatic heterocycles. The molecule has 2 aromatic rings. The summed E-state index contributed by atoms with van der Waals surface area (Å²) in [5.74, 6) is 0.533. The van der Waals surface area contributed by atoms with Crippen LogP contribution in [0.3, 0.4) is 0 Å². The van der Waals surface area contributed by atoms with Crippen molar-refractivity contribution < 1.29 is 9.90 Å². The van der Waals surface area contributed by atoms with Crippen molar-refractivity contribution in [1.29, 1.82) is 0 Å². The zero-order valence-electron chi connectivity index (χ0n) is 15.5. The van der Waals surface area contributed by atoms with Crippen molar-refractivity contribution in [2.75, 3.05) is 39.3 Å². The van der Waals surface area contributed by atoms with Crippen LogP contribution in [-0.2, 0) is 0 Å². The van der Waals surface area contributed by atoms with Crippen LogP contribution in [-0.4, -0.2) is 75.3 Å². The van der Waals surface area contributed by atoms with Crippen LogP contribution in [0.1, 0.15) is 29.8 Å². The Morgan fingerprint density at radius 1 is 1.19 bits per heavy atom. The molecule has 0 aliphatic carbocycles. The fourth-order valence-electron chi connectivity index (χ4n) is 4.35. The zero-order valence-corrected chi connectivity index (χ0v) is 15.5. The van der Waals surface area contributed by atoms with Gasteiger partial charge in [0.1, 0.15) is 5.69 Å². The Kier molecular flexibility index (Phi) is 5.50. The summed E-state index contributed by atoms with van der Waals surface area (Å²) in [6.07, 6.45) is 6.95. The normalized spacial score (nSPS) is 23.7. The highest BCUT2D eigenvalue weighted by atomic mass is 16.3. The highest BCUT2D eigenvalue weighted by molar-refractivity contribution is 5.93. The molecule has 0 unspecified atom stereocenters. The minimum absolute atomic E-state index is 0.0348. The molecule has 7 heteroatoms. The third kappa shape index (κ3) is 4.20. The smallest absolute Gasteiger partial charge is 0.271 e. The number of carbonyl (C=O) groups excluding carboxylic acids is 1. The van der Waals surface area contributed by atoms with Gasteiger partial charge in [-0.25, -0.2) is 0 Å². The number of rotatable bonds is 5. The van der Waals surface area contributed by atoms with E-state index < -0.39 is 0 Å². The number of piperidine rings is 1. The van der Waals surface area contributed by atoms with E-state index in [-0.39, 0.29) is 18.4 Å². The van der Waals surface area contributed by atoms with Crippen LogP contribution in [0.4, 0.5) is 0 Å². The van der Waals surface area contributed by atoms with Gasteiger partial charge in [-0.15, -0.1) is 0 Å². The number of aliphatic hydroxyl groups is 1. The minimum Gasteiger partial charge on any atom is -0.396 e. The Balaban J connectivity index is 1.45. The highest BCUT2D eigenvalue weighted by Gasteiger charge is 2.32. The molecular weight excluding hydrogens is 342 g/mol. The number of nitrogens with one attached hydrogen (secondary N) is 1. The Morgan fingerprint density at radius 2 is 1.93 bits per heavy atom. The van der Waals surface area contributed by atoms with Crippen molar-refractivity contribution in [3.8, 4) is 11.3 Å². The molecule has 1 amide bonds. The number of pyridine rings is 1. The summed E-state index contributed by atoms with van der Waals surface area (Å²) < 4.78 is 0. The van der Waals surface area contributed by atoms with Crippen LogP contribution in [0.25, 0.3) is 11.3 Å². The molecule has 4 heterocycles. The summed E-state index contributed by atoms with van der Waals surface area (Å²) in [5.41, 5.74) is 2.17. The molecule has 2 fully saturated rings. The van der Waals surface area contributed by atoms with E-state index in [9.17, 15) is 9.90 Å². The van der Waals surface area contributed by atoms with Gasteiger partial charge in [0.15, 0.2) is 0 Å². The van der Waals surface area contributed by atoms with Crippen LogP contribution < -0.4 is 0 Å². The van der Waals surface area contributed by atoms with Crippen LogP contribution in [0.15, 0.2) is 30.6 Å². The van der Waals surface area contributed by atoms with Crippen molar-refractivity contribution in [1.82, 2.24) is 25.0 Å². The molecule has 144 valence electrons.